The number of hydrogen-bond donors (Lipinski definition) is 0. The van der Waals surface area contributed by atoms with Crippen LogP contribution in [0.25, 0.3) is 0 Å². The van der Waals surface area contributed by atoms with Gasteiger partial charge in [-0.25, -0.2) is 0 Å². The van der Waals surface area contributed by atoms with E-state index in [0.29, 0.717) is 22.3 Å². The van der Waals surface area contributed by atoms with Crippen molar-refractivity contribution in [2.24, 2.45) is 0 Å². The monoisotopic (exact) mass is 273 g/mol. The molecule has 1 aromatic rings. The van der Waals surface area contributed by atoms with Crippen molar-refractivity contribution in [1.29, 1.82) is 5.26 Å². The zero-order valence-corrected chi connectivity index (χ0v) is 9.83. The van der Waals surface area contributed by atoms with Crippen LogP contribution in [0.3, 0.4) is 0 Å². The average Bonchev–Trinajstić information content (AvgIpc) is 2.19. The molecule has 0 unspecified atom stereocenters. The van der Waals surface area contributed by atoms with Gasteiger partial charge in [0.25, 0.3) is 0 Å². The zero-order valence-electron chi connectivity index (χ0n) is 7.37. The molecule has 0 fully saturated rings. The minimum atomic E-state index is -0.121. The first-order valence-corrected chi connectivity index (χ1v) is 6.48. The molecule has 0 heterocycles. The summed E-state index contributed by atoms with van der Waals surface area (Å²) in [4.78, 5) is 11.5. The Morgan fingerprint density at radius 3 is 2.64 bits per heavy atom. The van der Waals surface area contributed by atoms with Crippen LogP contribution in [-0.2, 0) is 0 Å². The molecule has 0 spiro atoms. The standard InChI is InChI=1S/C10H8ClNOSe/c11-9-4-2-8(3-5-9)10(13)14-7-1-6-12/h2-5H,1,7H2. The topological polar surface area (TPSA) is 40.9 Å². The third-order valence-corrected chi connectivity index (χ3v) is 3.68. The molecule has 0 bridgehead atoms. The average molecular weight is 273 g/mol. The molecule has 0 atom stereocenters. The molecular weight excluding hydrogens is 265 g/mol. The van der Waals surface area contributed by atoms with Gasteiger partial charge in [0, 0.05) is 0 Å². The Hall–Kier alpha value is -0.811. The van der Waals surface area contributed by atoms with E-state index in [4.69, 9.17) is 16.9 Å². The van der Waals surface area contributed by atoms with Crippen LogP contribution in [0, 0.1) is 11.3 Å². The van der Waals surface area contributed by atoms with Crippen LogP contribution < -0.4 is 0 Å². The number of nitriles is 1. The fourth-order valence-electron chi connectivity index (χ4n) is 0.859. The molecule has 0 aromatic heterocycles. The first kappa shape index (κ1) is 11.3. The van der Waals surface area contributed by atoms with Crippen molar-refractivity contribution in [3.63, 3.8) is 0 Å². The van der Waals surface area contributed by atoms with Gasteiger partial charge in [0.15, 0.2) is 0 Å². The van der Waals surface area contributed by atoms with Crippen molar-refractivity contribution in [1.82, 2.24) is 0 Å². The predicted octanol–water partition coefficient (Wildman–Crippen LogP) is 2.52. The van der Waals surface area contributed by atoms with Gasteiger partial charge in [0.2, 0.25) is 0 Å². The van der Waals surface area contributed by atoms with Crippen molar-refractivity contribution in [3.8, 4) is 6.07 Å². The summed E-state index contributed by atoms with van der Waals surface area (Å²) in [5, 5.41) is 9.63. The molecule has 0 aliphatic heterocycles. The maximum absolute atomic E-state index is 11.5. The van der Waals surface area contributed by atoms with Crippen molar-refractivity contribution >= 4 is 31.2 Å². The summed E-state index contributed by atoms with van der Waals surface area (Å²) in [7, 11) is 0. The van der Waals surface area contributed by atoms with E-state index in [0.717, 1.165) is 0 Å². The Bertz CT molecular complexity index is 355. The van der Waals surface area contributed by atoms with Gasteiger partial charge >= 0.3 is 94.0 Å². The number of carbonyl (C=O) groups is 1. The Balaban J connectivity index is 2.53. The molecule has 72 valence electrons. The summed E-state index contributed by atoms with van der Waals surface area (Å²) in [5.41, 5.74) is 0.687. The van der Waals surface area contributed by atoms with Gasteiger partial charge in [-0.3, -0.25) is 0 Å². The van der Waals surface area contributed by atoms with Crippen molar-refractivity contribution in [2.75, 3.05) is 0 Å². The van der Waals surface area contributed by atoms with E-state index in [-0.39, 0.29) is 19.6 Å². The van der Waals surface area contributed by atoms with Crippen LogP contribution in [0.5, 0.6) is 0 Å². The summed E-state index contributed by atoms with van der Waals surface area (Å²) in [6.45, 7) is 0. The Morgan fingerprint density at radius 2 is 2.07 bits per heavy atom. The number of benzene rings is 1. The van der Waals surface area contributed by atoms with Gasteiger partial charge in [-0.1, -0.05) is 0 Å². The molecule has 1 rings (SSSR count). The van der Waals surface area contributed by atoms with E-state index in [1.807, 2.05) is 6.07 Å². The molecule has 0 aliphatic carbocycles. The van der Waals surface area contributed by atoms with E-state index < -0.39 is 0 Å². The first-order valence-electron chi connectivity index (χ1n) is 4.03. The summed E-state index contributed by atoms with van der Waals surface area (Å²) < 4.78 is 0.129. The van der Waals surface area contributed by atoms with Crippen molar-refractivity contribution in [3.05, 3.63) is 34.9 Å². The molecular formula is C10H8ClNOSe. The molecule has 4 heteroatoms. The maximum atomic E-state index is 11.5. The molecule has 0 N–H and O–H groups in total. The molecule has 14 heavy (non-hydrogen) atoms. The molecule has 0 saturated heterocycles. The van der Waals surface area contributed by atoms with Crippen LogP contribution in [0.1, 0.15) is 16.8 Å². The van der Waals surface area contributed by atoms with Crippen LogP contribution in [0.4, 0.5) is 0 Å². The fraction of sp³-hybridized carbons (Fsp3) is 0.200. The predicted molar refractivity (Wildman–Crippen MR) is 56.6 cm³/mol. The van der Waals surface area contributed by atoms with Crippen molar-refractivity contribution < 1.29 is 4.79 Å². The van der Waals surface area contributed by atoms with Crippen LogP contribution in [0.2, 0.25) is 10.3 Å². The van der Waals surface area contributed by atoms with E-state index in [1.54, 1.807) is 24.3 Å². The number of nitrogens with zero attached hydrogens (tertiary/aromatic N) is 1. The summed E-state index contributed by atoms with van der Waals surface area (Å²) in [6, 6.07) is 8.88. The van der Waals surface area contributed by atoms with Crippen LogP contribution in [0.15, 0.2) is 24.3 Å². The normalized spacial score (nSPS) is 9.43. The van der Waals surface area contributed by atoms with E-state index in [1.165, 1.54) is 0 Å². The second-order valence-electron chi connectivity index (χ2n) is 2.55. The first-order chi connectivity index (χ1) is 6.74. The van der Waals surface area contributed by atoms with Crippen LogP contribution >= 0.6 is 11.6 Å². The molecule has 0 saturated carbocycles. The molecule has 0 amide bonds. The second kappa shape index (κ2) is 5.82. The third-order valence-electron chi connectivity index (χ3n) is 1.53. The van der Waals surface area contributed by atoms with E-state index in [9.17, 15) is 4.79 Å². The number of carbonyl (C=O) groups excluding carboxylic acids is 1. The summed E-state index contributed by atoms with van der Waals surface area (Å²) in [5.74, 6) is 0. The number of halogens is 1. The van der Waals surface area contributed by atoms with E-state index in [2.05, 4.69) is 0 Å². The quantitative estimate of drug-likeness (QED) is 0.624. The van der Waals surface area contributed by atoms with E-state index >= 15 is 0 Å². The van der Waals surface area contributed by atoms with Gasteiger partial charge in [0.1, 0.15) is 0 Å². The SMILES string of the molecule is N#CCC[Se]C(=O)c1ccc(Cl)cc1. The van der Waals surface area contributed by atoms with Crippen LogP contribution in [-0.4, -0.2) is 19.6 Å². The molecule has 1 aromatic carbocycles. The summed E-state index contributed by atoms with van der Waals surface area (Å²) >= 11 is 5.57. The van der Waals surface area contributed by atoms with Gasteiger partial charge in [0.05, 0.1) is 0 Å². The van der Waals surface area contributed by atoms with Gasteiger partial charge in [-0.2, -0.15) is 0 Å². The molecule has 2 nitrogen and oxygen atoms in total. The minimum absolute atomic E-state index is 0.121. The molecule has 0 radical (unpaired) electrons. The summed E-state index contributed by atoms with van der Waals surface area (Å²) in [6.07, 6.45) is 0.458. The number of hydrogen-bond acceptors (Lipinski definition) is 2. The van der Waals surface area contributed by atoms with Gasteiger partial charge in [-0.05, 0) is 0 Å². The zero-order chi connectivity index (χ0) is 10.4. The fourth-order valence-corrected chi connectivity index (χ4v) is 2.41. The number of rotatable bonds is 4. The van der Waals surface area contributed by atoms with Crippen molar-refractivity contribution in [2.45, 2.75) is 11.7 Å². The second-order valence-corrected chi connectivity index (χ2v) is 5.23. The third kappa shape index (κ3) is 3.51. The Kier molecular flexibility index (Phi) is 4.69. The van der Waals surface area contributed by atoms with Gasteiger partial charge < -0.3 is 0 Å². The Morgan fingerprint density at radius 1 is 1.43 bits per heavy atom. The van der Waals surface area contributed by atoms with Gasteiger partial charge in [-0.15, -0.1) is 0 Å². The molecule has 0 aliphatic rings. The Labute approximate surface area is 94.0 Å².